The van der Waals surface area contributed by atoms with E-state index in [4.69, 9.17) is 9.47 Å². The molecule has 0 aliphatic carbocycles. The fourth-order valence-corrected chi connectivity index (χ4v) is 3.33. The molecule has 2 fully saturated rings. The quantitative estimate of drug-likeness (QED) is 0.813. The number of rotatable bonds is 2. The van der Waals surface area contributed by atoms with Gasteiger partial charge >= 0.3 is 6.09 Å². The average molecular weight is 282 g/mol. The molecular formula is C12H14N2O4S. The van der Waals surface area contributed by atoms with Crippen LogP contribution in [-0.4, -0.2) is 61.2 Å². The predicted octanol–water partition coefficient (Wildman–Crippen LogP) is 1.03. The number of amides is 2. The minimum atomic E-state index is -0.508. The molecule has 3 rings (SSSR count). The van der Waals surface area contributed by atoms with Crippen molar-refractivity contribution in [3.8, 4) is 5.75 Å². The predicted molar refractivity (Wildman–Crippen MR) is 68.6 cm³/mol. The van der Waals surface area contributed by atoms with Crippen LogP contribution in [0.4, 0.5) is 4.79 Å². The fraction of sp³-hybridized carbons (Fsp3) is 0.500. The van der Waals surface area contributed by atoms with E-state index in [2.05, 4.69) is 0 Å². The molecule has 1 spiro atoms. The van der Waals surface area contributed by atoms with Crippen LogP contribution >= 0.6 is 11.3 Å². The highest BCUT2D eigenvalue weighted by atomic mass is 32.1. The van der Waals surface area contributed by atoms with E-state index in [1.54, 1.807) is 25.1 Å². The Morgan fingerprint density at radius 3 is 2.79 bits per heavy atom. The van der Waals surface area contributed by atoms with Gasteiger partial charge in [0.2, 0.25) is 0 Å². The van der Waals surface area contributed by atoms with Gasteiger partial charge in [0, 0.05) is 7.05 Å². The number of nitrogens with zero attached hydrogens (tertiary/aromatic N) is 2. The number of thiophene rings is 1. The van der Waals surface area contributed by atoms with E-state index in [1.165, 1.54) is 16.2 Å². The van der Waals surface area contributed by atoms with Crippen LogP contribution in [0.5, 0.6) is 5.75 Å². The summed E-state index contributed by atoms with van der Waals surface area (Å²) >= 11 is 1.36. The van der Waals surface area contributed by atoms with E-state index >= 15 is 0 Å². The molecule has 2 aliphatic rings. The number of carbonyl (C=O) groups is 2. The van der Waals surface area contributed by atoms with Gasteiger partial charge in [0.05, 0.1) is 26.7 Å². The van der Waals surface area contributed by atoms with E-state index in [1.807, 2.05) is 5.38 Å². The van der Waals surface area contributed by atoms with E-state index in [-0.39, 0.29) is 12.0 Å². The van der Waals surface area contributed by atoms with Gasteiger partial charge in [-0.05, 0) is 11.4 Å². The van der Waals surface area contributed by atoms with Crippen LogP contribution in [0.2, 0.25) is 0 Å². The number of hydrogen-bond donors (Lipinski definition) is 0. The maximum absolute atomic E-state index is 12.3. The first-order chi connectivity index (χ1) is 9.04. The number of methoxy groups -OCH3 is 1. The molecule has 1 aromatic heterocycles. The van der Waals surface area contributed by atoms with Gasteiger partial charge in [-0.3, -0.25) is 4.79 Å². The van der Waals surface area contributed by atoms with Gasteiger partial charge < -0.3 is 19.3 Å². The number of carbonyl (C=O) groups excluding carboxylic acids is 2. The number of likely N-dealkylation sites (N-methyl/N-ethyl adjacent to an activating group) is 1. The summed E-state index contributed by atoms with van der Waals surface area (Å²) in [6.45, 7) is 1.43. The highest BCUT2D eigenvalue weighted by Gasteiger charge is 2.54. The van der Waals surface area contributed by atoms with E-state index in [0.29, 0.717) is 30.3 Å². The molecule has 3 heterocycles. The summed E-state index contributed by atoms with van der Waals surface area (Å²) in [5.74, 6) is 0.527. The van der Waals surface area contributed by atoms with E-state index in [9.17, 15) is 9.59 Å². The van der Waals surface area contributed by atoms with Crippen molar-refractivity contribution in [2.45, 2.75) is 5.60 Å². The molecule has 0 radical (unpaired) electrons. The van der Waals surface area contributed by atoms with Crippen LogP contribution in [0.15, 0.2) is 11.4 Å². The Bertz CT molecular complexity index is 536. The van der Waals surface area contributed by atoms with Crippen molar-refractivity contribution < 1.29 is 19.1 Å². The summed E-state index contributed by atoms with van der Waals surface area (Å²) in [7, 11) is 3.24. The van der Waals surface area contributed by atoms with Crippen LogP contribution in [0.25, 0.3) is 0 Å². The van der Waals surface area contributed by atoms with Gasteiger partial charge in [-0.15, -0.1) is 11.3 Å². The standard InChI is InChI=1S/C12H14N2O4S/c1-13-5-12(18-11(13)16)6-14(7-12)10(15)9-8(17-2)3-4-19-9/h3-4H,5-7H2,1-2H3. The summed E-state index contributed by atoms with van der Waals surface area (Å²) in [5, 5.41) is 1.82. The summed E-state index contributed by atoms with van der Waals surface area (Å²) < 4.78 is 10.5. The number of ether oxygens (including phenoxy) is 2. The van der Waals surface area contributed by atoms with Gasteiger partial charge in [-0.2, -0.15) is 0 Å². The van der Waals surface area contributed by atoms with Crippen molar-refractivity contribution in [3.05, 3.63) is 16.3 Å². The molecule has 2 saturated heterocycles. The molecule has 0 aromatic carbocycles. The molecular weight excluding hydrogens is 268 g/mol. The Morgan fingerprint density at radius 2 is 2.21 bits per heavy atom. The summed E-state index contributed by atoms with van der Waals surface area (Å²) in [4.78, 5) is 27.5. The van der Waals surface area contributed by atoms with Crippen LogP contribution in [0.1, 0.15) is 9.67 Å². The lowest BCUT2D eigenvalue weighted by Gasteiger charge is -2.45. The topological polar surface area (TPSA) is 59.1 Å². The van der Waals surface area contributed by atoms with Gasteiger partial charge in [0.25, 0.3) is 5.91 Å². The lowest BCUT2D eigenvalue weighted by molar-refractivity contribution is -0.0580. The fourth-order valence-electron chi connectivity index (χ4n) is 2.51. The van der Waals surface area contributed by atoms with Crippen LogP contribution < -0.4 is 4.74 Å². The third-order valence-corrected chi connectivity index (χ3v) is 4.31. The molecule has 2 aliphatic heterocycles. The maximum atomic E-state index is 12.3. The van der Waals surface area contributed by atoms with Crippen molar-refractivity contribution in [2.75, 3.05) is 33.8 Å². The van der Waals surface area contributed by atoms with Crippen molar-refractivity contribution in [1.82, 2.24) is 9.80 Å². The summed E-state index contributed by atoms with van der Waals surface area (Å²) in [6, 6.07) is 1.77. The van der Waals surface area contributed by atoms with Crippen LogP contribution in [-0.2, 0) is 4.74 Å². The lowest BCUT2D eigenvalue weighted by atomic mass is 9.94. The molecule has 0 atom stereocenters. The van der Waals surface area contributed by atoms with Gasteiger partial charge in [-0.1, -0.05) is 0 Å². The molecule has 19 heavy (non-hydrogen) atoms. The van der Waals surface area contributed by atoms with Gasteiger partial charge in [-0.25, -0.2) is 4.79 Å². The average Bonchev–Trinajstić information content (AvgIpc) is 2.92. The second-order valence-electron chi connectivity index (χ2n) is 4.89. The zero-order valence-corrected chi connectivity index (χ0v) is 11.5. The van der Waals surface area contributed by atoms with Crippen molar-refractivity contribution in [3.63, 3.8) is 0 Å². The molecule has 102 valence electrons. The highest BCUT2D eigenvalue weighted by Crippen LogP contribution is 2.35. The van der Waals surface area contributed by atoms with Crippen molar-refractivity contribution in [1.29, 1.82) is 0 Å². The number of hydrogen-bond acceptors (Lipinski definition) is 5. The van der Waals surface area contributed by atoms with Crippen LogP contribution in [0, 0.1) is 0 Å². The third kappa shape index (κ3) is 1.85. The molecule has 2 amide bonds. The molecule has 7 heteroatoms. The second kappa shape index (κ2) is 4.12. The largest absolute Gasteiger partial charge is 0.495 e. The molecule has 1 aromatic rings. The zero-order chi connectivity index (χ0) is 13.6. The Labute approximate surface area is 114 Å². The Balaban J connectivity index is 1.68. The molecule has 0 unspecified atom stereocenters. The van der Waals surface area contributed by atoms with Crippen LogP contribution in [0.3, 0.4) is 0 Å². The normalized spacial score (nSPS) is 20.4. The first-order valence-corrected chi connectivity index (χ1v) is 6.77. The summed E-state index contributed by atoms with van der Waals surface area (Å²) in [5.41, 5.74) is -0.508. The molecule has 6 nitrogen and oxygen atoms in total. The minimum Gasteiger partial charge on any atom is -0.495 e. The number of likely N-dealkylation sites (tertiary alicyclic amines) is 1. The minimum absolute atomic E-state index is 0.0666. The monoisotopic (exact) mass is 282 g/mol. The van der Waals surface area contributed by atoms with Gasteiger partial charge in [0.1, 0.15) is 10.6 Å². The summed E-state index contributed by atoms with van der Waals surface area (Å²) in [6.07, 6.45) is -0.319. The Morgan fingerprint density at radius 1 is 1.47 bits per heavy atom. The Hall–Kier alpha value is -1.76. The van der Waals surface area contributed by atoms with Gasteiger partial charge in [0.15, 0.2) is 5.60 Å². The second-order valence-corrected chi connectivity index (χ2v) is 5.80. The van der Waals surface area contributed by atoms with E-state index in [0.717, 1.165) is 0 Å². The van der Waals surface area contributed by atoms with Crippen molar-refractivity contribution in [2.24, 2.45) is 0 Å². The zero-order valence-electron chi connectivity index (χ0n) is 10.7. The first kappa shape index (κ1) is 12.3. The molecule has 0 N–H and O–H groups in total. The molecule has 0 saturated carbocycles. The molecule has 0 bridgehead atoms. The van der Waals surface area contributed by atoms with E-state index < -0.39 is 5.60 Å². The smallest absolute Gasteiger partial charge is 0.410 e. The Kier molecular flexibility index (Phi) is 2.67. The maximum Gasteiger partial charge on any atom is 0.410 e. The third-order valence-electron chi connectivity index (χ3n) is 3.43. The lowest BCUT2D eigenvalue weighted by Crippen LogP contribution is -2.65. The van der Waals surface area contributed by atoms with Crippen molar-refractivity contribution >= 4 is 23.3 Å². The SMILES string of the molecule is COc1ccsc1C(=O)N1CC2(CN(C)C(=O)O2)C1. The first-order valence-electron chi connectivity index (χ1n) is 5.89. The highest BCUT2D eigenvalue weighted by molar-refractivity contribution is 7.12.